The van der Waals surface area contributed by atoms with Gasteiger partial charge in [-0.1, -0.05) is 24.3 Å². The van der Waals surface area contributed by atoms with Crippen LogP contribution in [0.15, 0.2) is 48.5 Å². The zero-order chi connectivity index (χ0) is 11.2. The fourth-order valence-electron chi connectivity index (χ4n) is 1.55. The smallest absolute Gasteiger partial charge is 0.123 e. The van der Waals surface area contributed by atoms with Crippen LogP contribution >= 0.6 is 0 Å². The van der Waals surface area contributed by atoms with Gasteiger partial charge in [-0.3, -0.25) is 0 Å². The molecule has 0 amide bonds. The maximum absolute atomic E-state index is 12.9. The molecule has 0 unspecified atom stereocenters. The molecule has 81 valence electrons. The molecule has 0 saturated heterocycles. The Hall–Kier alpha value is -1.83. The molecule has 0 heterocycles. The third-order valence-electron chi connectivity index (χ3n) is 2.35. The molecule has 1 nitrogen and oxygen atoms in total. The normalized spacial score (nSPS) is 10.1. The van der Waals surface area contributed by atoms with Crippen LogP contribution in [0.4, 0.5) is 10.1 Å². The highest BCUT2D eigenvalue weighted by Gasteiger charge is 1.95. The Bertz CT molecular complexity index is 439. The van der Waals surface area contributed by atoms with Crippen LogP contribution < -0.4 is 5.32 Å². The molecule has 0 saturated carbocycles. The third-order valence-corrected chi connectivity index (χ3v) is 2.35. The summed E-state index contributed by atoms with van der Waals surface area (Å²) >= 11 is 0. The van der Waals surface area contributed by atoms with Crippen molar-refractivity contribution in [1.82, 2.24) is 0 Å². The summed E-state index contributed by atoms with van der Waals surface area (Å²) in [5, 5.41) is 3.27. The molecule has 2 heteroatoms. The van der Waals surface area contributed by atoms with Crippen molar-refractivity contribution in [3.8, 4) is 0 Å². The SMILES string of the molecule is Fc1cccc(CCNc2cc[c]cc2)c1. The Morgan fingerprint density at radius 3 is 2.69 bits per heavy atom. The van der Waals surface area contributed by atoms with E-state index in [1.54, 1.807) is 12.1 Å². The van der Waals surface area contributed by atoms with Gasteiger partial charge in [0, 0.05) is 12.2 Å². The van der Waals surface area contributed by atoms with Crippen LogP contribution in [0.2, 0.25) is 0 Å². The predicted octanol–water partition coefficient (Wildman–Crippen LogP) is 3.28. The molecule has 0 aliphatic carbocycles. The second-order valence-electron chi connectivity index (χ2n) is 3.60. The van der Waals surface area contributed by atoms with Gasteiger partial charge >= 0.3 is 0 Å². The Morgan fingerprint density at radius 1 is 1.12 bits per heavy atom. The lowest BCUT2D eigenvalue weighted by Crippen LogP contribution is -2.04. The number of anilines is 1. The van der Waals surface area contributed by atoms with Crippen molar-refractivity contribution < 1.29 is 4.39 Å². The van der Waals surface area contributed by atoms with E-state index in [9.17, 15) is 4.39 Å². The number of nitrogens with one attached hydrogen (secondary N) is 1. The Morgan fingerprint density at radius 2 is 1.94 bits per heavy atom. The topological polar surface area (TPSA) is 12.0 Å². The number of hydrogen-bond acceptors (Lipinski definition) is 1. The van der Waals surface area contributed by atoms with Gasteiger partial charge in [0.25, 0.3) is 0 Å². The number of halogens is 1. The largest absolute Gasteiger partial charge is 0.385 e. The summed E-state index contributed by atoms with van der Waals surface area (Å²) in [5.41, 5.74) is 2.07. The highest BCUT2D eigenvalue weighted by molar-refractivity contribution is 5.42. The van der Waals surface area contributed by atoms with E-state index in [-0.39, 0.29) is 5.82 Å². The fourth-order valence-corrected chi connectivity index (χ4v) is 1.55. The molecular formula is C14H13FN. The van der Waals surface area contributed by atoms with E-state index in [1.165, 1.54) is 6.07 Å². The standard InChI is InChI=1S/C14H13FN/c15-13-6-4-5-12(11-13)9-10-16-14-7-2-1-3-8-14/h2-8,11,16H,9-10H2. The van der Waals surface area contributed by atoms with E-state index in [4.69, 9.17) is 0 Å². The molecule has 0 aliphatic rings. The van der Waals surface area contributed by atoms with E-state index in [0.29, 0.717) is 0 Å². The second kappa shape index (κ2) is 5.31. The zero-order valence-corrected chi connectivity index (χ0v) is 8.91. The minimum atomic E-state index is -0.174. The van der Waals surface area contributed by atoms with Crippen LogP contribution in [-0.2, 0) is 6.42 Å². The maximum Gasteiger partial charge on any atom is 0.123 e. The number of hydrogen-bond donors (Lipinski definition) is 1. The lowest BCUT2D eigenvalue weighted by molar-refractivity contribution is 0.625. The van der Waals surface area contributed by atoms with Crippen molar-refractivity contribution in [3.05, 3.63) is 66.0 Å². The van der Waals surface area contributed by atoms with Crippen LogP contribution in [0, 0.1) is 11.9 Å². The minimum Gasteiger partial charge on any atom is -0.385 e. The molecule has 0 atom stereocenters. The monoisotopic (exact) mass is 214 g/mol. The number of benzene rings is 2. The first-order valence-corrected chi connectivity index (χ1v) is 5.29. The van der Waals surface area contributed by atoms with E-state index in [0.717, 1.165) is 24.2 Å². The van der Waals surface area contributed by atoms with Crippen molar-refractivity contribution in [3.63, 3.8) is 0 Å². The van der Waals surface area contributed by atoms with E-state index >= 15 is 0 Å². The molecule has 2 rings (SSSR count). The molecule has 1 radical (unpaired) electrons. The van der Waals surface area contributed by atoms with Crippen LogP contribution in [0.3, 0.4) is 0 Å². The summed E-state index contributed by atoms with van der Waals surface area (Å²) in [7, 11) is 0. The van der Waals surface area contributed by atoms with Gasteiger partial charge in [-0.05, 0) is 42.3 Å². The number of rotatable bonds is 4. The first-order valence-electron chi connectivity index (χ1n) is 5.29. The highest BCUT2D eigenvalue weighted by Crippen LogP contribution is 2.07. The van der Waals surface area contributed by atoms with E-state index in [1.807, 2.05) is 30.3 Å². The molecule has 1 N–H and O–H groups in total. The Kier molecular flexibility index (Phi) is 3.54. The fraction of sp³-hybridized carbons (Fsp3) is 0.143. The zero-order valence-electron chi connectivity index (χ0n) is 8.91. The summed E-state index contributed by atoms with van der Waals surface area (Å²) in [6, 6.07) is 17.3. The van der Waals surface area contributed by atoms with Gasteiger partial charge in [0.2, 0.25) is 0 Å². The summed E-state index contributed by atoms with van der Waals surface area (Å²) in [6.45, 7) is 0.799. The van der Waals surface area contributed by atoms with Gasteiger partial charge < -0.3 is 5.32 Å². The lowest BCUT2D eigenvalue weighted by atomic mass is 10.1. The Balaban J connectivity index is 1.85. The first kappa shape index (κ1) is 10.7. The summed E-state index contributed by atoms with van der Waals surface area (Å²) in [6.07, 6.45) is 0.816. The average Bonchev–Trinajstić information content (AvgIpc) is 2.30. The average molecular weight is 214 g/mol. The Labute approximate surface area is 94.9 Å². The molecule has 0 spiro atoms. The van der Waals surface area contributed by atoms with Crippen molar-refractivity contribution in [2.45, 2.75) is 6.42 Å². The van der Waals surface area contributed by atoms with Crippen molar-refractivity contribution >= 4 is 5.69 Å². The molecule has 2 aromatic rings. The van der Waals surface area contributed by atoms with Crippen LogP contribution in [0.25, 0.3) is 0 Å². The van der Waals surface area contributed by atoms with Gasteiger partial charge in [-0.15, -0.1) is 0 Å². The molecule has 2 aromatic carbocycles. The summed E-state index contributed by atoms with van der Waals surface area (Å²) in [5.74, 6) is -0.174. The van der Waals surface area contributed by atoms with Gasteiger partial charge in [0.15, 0.2) is 0 Å². The van der Waals surface area contributed by atoms with Gasteiger partial charge in [-0.2, -0.15) is 0 Å². The van der Waals surface area contributed by atoms with Gasteiger partial charge in [0.05, 0.1) is 0 Å². The third kappa shape index (κ3) is 3.09. The minimum absolute atomic E-state index is 0.174. The van der Waals surface area contributed by atoms with E-state index < -0.39 is 0 Å². The maximum atomic E-state index is 12.9. The lowest BCUT2D eigenvalue weighted by Gasteiger charge is -2.05. The molecule has 0 aliphatic heterocycles. The summed E-state index contributed by atoms with van der Waals surface area (Å²) in [4.78, 5) is 0. The second-order valence-corrected chi connectivity index (χ2v) is 3.60. The first-order chi connectivity index (χ1) is 7.84. The molecule has 0 bridgehead atoms. The highest BCUT2D eigenvalue weighted by atomic mass is 19.1. The molecular weight excluding hydrogens is 201 g/mol. The predicted molar refractivity (Wildman–Crippen MR) is 63.9 cm³/mol. The van der Waals surface area contributed by atoms with Crippen LogP contribution in [0.1, 0.15) is 5.56 Å². The molecule has 16 heavy (non-hydrogen) atoms. The van der Waals surface area contributed by atoms with Gasteiger partial charge in [-0.25, -0.2) is 4.39 Å². The van der Waals surface area contributed by atoms with Crippen molar-refractivity contribution in [1.29, 1.82) is 0 Å². The quantitative estimate of drug-likeness (QED) is 0.823. The van der Waals surface area contributed by atoms with Crippen LogP contribution in [0.5, 0.6) is 0 Å². The molecule has 0 fully saturated rings. The van der Waals surface area contributed by atoms with E-state index in [2.05, 4.69) is 11.4 Å². The van der Waals surface area contributed by atoms with Crippen molar-refractivity contribution in [2.24, 2.45) is 0 Å². The van der Waals surface area contributed by atoms with Gasteiger partial charge in [0.1, 0.15) is 5.82 Å². The van der Waals surface area contributed by atoms with Crippen molar-refractivity contribution in [2.75, 3.05) is 11.9 Å². The molecule has 0 aromatic heterocycles. The van der Waals surface area contributed by atoms with Crippen LogP contribution in [-0.4, -0.2) is 6.54 Å². The summed E-state index contributed by atoms with van der Waals surface area (Å²) < 4.78 is 12.9.